The first-order valence-corrected chi connectivity index (χ1v) is 6.90. The van der Waals surface area contributed by atoms with E-state index in [1.807, 2.05) is 0 Å². The van der Waals surface area contributed by atoms with E-state index in [-0.39, 0.29) is 18.8 Å². The molecular weight excluding hydrogens is 234 g/mol. The quantitative estimate of drug-likeness (QED) is 0.318. The van der Waals surface area contributed by atoms with Gasteiger partial charge in [-0.05, 0) is 0 Å². The highest BCUT2D eigenvalue weighted by Crippen LogP contribution is 1.87. The van der Waals surface area contributed by atoms with Gasteiger partial charge in [-0.15, -0.1) is 0 Å². The zero-order chi connectivity index (χ0) is 11.2. The lowest BCUT2D eigenvalue weighted by atomic mass is 10.7. The predicted molar refractivity (Wildman–Crippen MR) is 50.1 cm³/mol. The third kappa shape index (κ3) is 8.38. The Labute approximate surface area is 83.3 Å². The lowest BCUT2D eigenvalue weighted by Crippen LogP contribution is -2.28. The Kier molecular flexibility index (Phi) is 5.52. The van der Waals surface area contributed by atoms with Gasteiger partial charge in [0.1, 0.15) is 0 Å². The van der Waals surface area contributed by atoms with Crippen LogP contribution in [-0.2, 0) is 24.4 Å². The molecule has 0 heterocycles. The Balaban J connectivity index is 3.59. The molecule has 0 radical (unpaired) electrons. The first kappa shape index (κ1) is 13.8. The van der Waals surface area contributed by atoms with E-state index >= 15 is 0 Å². The third-order valence-corrected chi connectivity index (χ3v) is 3.25. The second-order valence-corrected chi connectivity index (χ2v) is 5.89. The van der Waals surface area contributed by atoms with Gasteiger partial charge in [0.05, 0.1) is 18.6 Å². The van der Waals surface area contributed by atoms with Crippen LogP contribution in [0.3, 0.4) is 0 Å². The van der Waals surface area contributed by atoms with Crippen LogP contribution < -0.4 is 5.32 Å². The molecule has 0 amide bonds. The van der Waals surface area contributed by atoms with Crippen LogP contribution in [0.5, 0.6) is 0 Å². The standard InChI is InChI=1S/C5H13NO6S2/c1-12-14(10,11)5-3-6-2-4-13(7,8)9/h6H,2-5H2,1H3,(H,7,8,9). The number of hydrogen-bond acceptors (Lipinski definition) is 6. The van der Waals surface area contributed by atoms with Gasteiger partial charge < -0.3 is 5.32 Å². The van der Waals surface area contributed by atoms with Gasteiger partial charge in [0.2, 0.25) is 0 Å². The molecule has 0 rings (SSSR count). The topological polar surface area (TPSA) is 110 Å². The normalized spacial score (nSPS) is 13.0. The molecule has 9 heteroatoms. The summed E-state index contributed by atoms with van der Waals surface area (Å²) in [7, 11) is -6.45. The SMILES string of the molecule is COS(=O)(=O)CCNCCS(=O)(=O)O. The summed E-state index contributed by atoms with van der Waals surface area (Å²) in [5.41, 5.74) is 0. The third-order valence-electron chi connectivity index (χ3n) is 1.32. The molecule has 0 aromatic carbocycles. The van der Waals surface area contributed by atoms with E-state index in [1.54, 1.807) is 0 Å². The van der Waals surface area contributed by atoms with Crippen LogP contribution >= 0.6 is 0 Å². The molecule has 0 aliphatic rings. The minimum atomic E-state index is -3.99. The van der Waals surface area contributed by atoms with Crippen molar-refractivity contribution < 1.29 is 25.6 Å². The van der Waals surface area contributed by atoms with E-state index in [4.69, 9.17) is 4.55 Å². The van der Waals surface area contributed by atoms with E-state index in [0.717, 1.165) is 7.11 Å². The fourth-order valence-electron chi connectivity index (χ4n) is 0.607. The maximum absolute atomic E-state index is 10.7. The van der Waals surface area contributed by atoms with Crippen LogP contribution in [0.15, 0.2) is 0 Å². The molecule has 0 aromatic rings. The van der Waals surface area contributed by atoms with Crippen molar-refractivity contribution in [2.45, 2.75) is 0 Å². The van der Waals surface area contributed by atoms with Gasteiger partial charge in [0.25, 0.3) is 20.2 Å². The molecule has 0 aliphatic heterocycles. The molecule has 0 fully saturated rings. The highest BCUT2D eigenvalue weighted by molar-refractivity contribution is 7.86. The summed E-state index contributed by atoms with van der Waals surface area (Å²) >= 11 is 0. The van der Waals surface area contributed by atoms with Crippen molar-refractivity contribution in [3.8, 4) is 0 Å². The highest BCUT2D eigenvalue weighted by Gasteiger charge is 2.08. The molecule has 2 N–H and O–H groups in total. The second kappa shape index (κ2) is 5.61. The zero-order valence-electron chi connectivity index (χ0n) is 7.63. The largest absolute Gasteiger partial charge is 0.315 e. The maximum Gasteiger partial charge on any atom is 0.268 e. The van der Waals surface area contributed by atoms with Gasteiger partial charge in [-0.3, -0.25) is 8.74 Å². The first-order chi connectivity index (χ1) is 6.27. The van der Waals surface area contributed by atoms with Crippen LogP contribution in [0.25, 0.3) is 0 Å². The molecule has 7 nitrogen and oxygen atoms in total. The van der Waals surface area contributed by atoms with E-state index in [0.29, 0.717) is 0 Å². The molecule has 0 aromatic heterocycles. The van der Waals surface area contributed by atoms with Crippen LogP contribution in [0, 0.1) is 0 Å². The van der Waals surface area contributed by atoms with Crippen LogP contribution in [0.4, 0.5) is 0 Å². The van der Waals surface area contributed by atoms with Gasteiger partial charge in [0.15, 0.2) is 0 Å². The molecule has 0 aliphatic carbocycles. The molecule has 0 bridgehead atoms. The maximum atomic E-state index is 10.7. The van der Waals surface area contributed by atoms with Gasteiger partial charge >= 0.3 is 0 Å². The monoisotopic (exact) mass is 247 g/mol. The Bertz CT molecular complexity index is 344. The van der Waals surface area contributed by atoms with Crippen molar-refractivity contribution >= 4 is 20.2 Å². The summed E-state index contributed by atoms with van der Waals surface area (Å²) in [6, 6.07) is 0. The summed E-state index contributed by atoms with van der Waals surface area (Å²) in [6.45, 7) is 0.0732. The van der Waals surface area contributed by atoms with Crippen molar-refractivity contribution in [3.63, 3.8) is 0 Å². The molecule has 0 spiro atoms. The number of nitrogens with one attached hydrogen (secondary N) is 1. The molecular formula is C5H13NO6S2. The van der Waals surface area contributed by atoms with E-state index in [2.05, 4.69) is 9.50 Å². The van der Waals surface area contributed by atoms with Gasteiger partial charge in [-0.25, -0.2) is 0 Å². The van der Waals surface area contributed by atoms with Crippen molar-refractivity contribution in [2.24, 2.45) is 0 Å². The Morgan fingerprint density at radius 1 is 1.14 bits per heavy atom. The average molecular weight is 247 g/mol. The summed E-state index contributed by atoms with van der Waals surface area (Å²) in [6.07, 6.45) is 0. The molecule has 14 heavy (non-hydrogen) atoms. The average Bonchev–Trinajstić information content (AvgIpc) is 2.01. The van der Waals surface area contributed by atoms with Crippen molar-refractivity contribution in [1.29, 1.82) is 0 Å². The van der Waals surface area contributed by atoms with Gasteiger partial charge in [-0.2, -0.15) is 16.8 Å². The van der Waals surface area contributed by atoms with E-state index in [9.17, 15) is 16.8 Å². The van der Waals surface area contributed by atoms with Gasteiger partial charge in [0, 0.05) is 13.1 Å². The Morgan fingerprint density at radius 3 is 2.07 bits per heavy atom. The van der Waals surface area contributed by atoms with Crippen LogP contribution in [-0.4, -0.2) is 53.1 Å². The summed E-state index contributed by atoms with van der Waals surface area (Å²) in [4.78, 5) is 0. The number of hydrogen-bond donors (Lipinski definition) is 2. The smallest absolute Gasteiger partial charge is 0.268 e. The molecule has 86 valence electrons. The van der Waals surface area contributed by atoms with Crippen molar-refractivity contribution in [2.75, 3.05) is 31.7 Å². The van der Waals surface area contributed by atoms with E-state index in [1.165, 1.54) is 0 Å². The molecule has 0 saturated heterocycles. The minimum absolute atomic E-state index is 0.00192. The Morgan fingerprint density at radius 2 is 1.64 bits per heavy atom. The lowest BCUT2D eigenvalue weighted by Gasteiger charge is -2.02. The lowest BCUT2D eigenvalue weighted by molar-refractivity contribution is 0.397. The summed E-state index contributed by atoms with van der Waals surface area (Å²) in [5, 5.41) is 2.53. The summed E-state index contributed by atoms with van der Waals surface area (Å²) in [5.74, 6) is -0.686. The molecule has 0 saturated carbocycles. The number of rotatable bonds is 7. The molecule has 0 unspecified atom stereocenters. The Hall–Kier alpha value is -0.220. The minimum Gasteiger partial charge on any atom is -0.315 e. The fourth-order valence-corrected chi connectivity index (χ4v) is 1.57. The predicted octanol–water partition coefficient (Wildman–Crippen LogP) is -1.56. The van der Waals surface area contributed by atoms with Crippen LogP contribution in [0.2, 0.25) is 0 Å². The van der Waals surface area contributed by atoms with Crippen LogP contribution in [0.1, 0.15) is 0 Å². The van der Waals surface area contributed by atoms with E-state index < -0.39 is 26.0 Å². The van der Waals surface area contributed by atoms with Crippen molar-refractivity contribution in [1.82, 2.24) is 5.32 Å². The molecule has 0 atom stereocenters. The summed E-state index contributed by atoms with van der Waals surface area (Å²) < 4.78 is 54.4. The van der Waals surface area contributed by atoms with Gasteiger partial charge in [-0.1, -0.05) is 0 Å². The van der Waals surface area contributed by atoms with Crippen molar-refractivity contribution in [3.05, 3.63) is 0 Å². The second-order valence-electron chi connectivity index (χ2n) is 2.46. The highest BCUT2D eigenvalue weighted by atomic mass is 32.2. The zero-order valence-corrected chi connectivity index (χ0v) is 9.27. The fraction of sp³-hybridized carbons (Fsp3) is 1.00. The first-order valence-electron chi connectivity index (χ1n) is 3.71.